The van der Waals surface area contributed by atoms with Crippen LogP contribution in [0.4, 0.5) is 5.69 Å². The first-order chi connectivity index (χ1) is 13.5. The van der Waals surface area contributed by atoms with Crippen LogP contribution in [0.3, 0.4) is 0 Å². The van der Waals surface area contributed by atoms with Crippen molar-refractivity contribution >= 4 is 17.7 Å². The smallest absolute Gasteiger partial charge is 0.154 e. The molecule has 8 nitrogen and oxygen atoms in total. The molecule has 0 aliphatic carbocycles. The zero-order chi connectivity index (χ0) is 20.1. The van der Waals surface area contributed by atoms with Crippen LogP contribution in [0, 0.1) is 5.92 Å². The maximum Gasteiger partial charge on any atom is 0.154 e. The molecular weight excluding hydrogens is 356 g/mol. The fraction of sp³-hybridized carbons (Fsp3) is 0.500. The van der Waals surface area contributed by atoms with Gasteiger partial charge in [-0.25, -0.2) is 4.99 Å². The van der Waals surface area contributed by atoms with E-state index in [4.69, 9.17) is 20.9 Å². The van der Waals surface area contributed by atoms with E-state index in [0.29, 0.717) is 25.6 Å². The van der Waals surface area contributed by atoms with Gasteiger partial charge in [-0.15, -0.1) is 0 Å². The number of ether oxygens (including phenoxy) is 2. The Kier molecular flexibility index (Phi) is 6.53. The molecule has 0 saturated carbocycles. The number of nitrogens with zero attached hydrogens (tertiary/aromatic N) is 2. The van der Waals surface area contributed by atoms with E-state index in [2.05, 4.69) is 34.5 Å². The first-order valence-electron chi connectivity index (χ1n) is 9.74. The lowest BCUT2D eigenvalue weighted by Crippen LogP contribution is -2.55. The number of dihydropyridines is 1. The van der Waals surface area contributed by atoms with Crippen LogP contribution in [-0.2, 0) is 0 Å². The average Bonchev–Trinajstić information content (AvgIpc) is 2.66. The molecule has 2 aliphatic heterocycles. The average molecular weight is 386 g/mol. The Morgan fingerprint density at radius 2 is 2.07 bits per heavy atom. The number of nitrogens with two attached hydrogens (primary N) is 2. The van der Waals surface area contributed by atoms with Crippen molar-refractivity contribution < 1.29 is 9.47 Å². The maximum absolute atomic E-state index is 6.14. The minimum absolute atomic E-state index is 0.0767. The van der Waals surface area contributed by atoms with Crippen LogP contribution in [-0.4, -0.2) is 44.3 Å². The molecule has 2 heterocycles. The summed E-state index contributed by atoms with van der Waals surface area (Å²) in [6.45, 7) is 7.98. The molecule has 0 aromatic heterocycles. The monoisotopic (exact) mass is 386 g/mol. The van der Waals surface area contributed by atoms with Crippen LogP contribution in [0.5, 0.6) is 11.5 Å². The lowest BCUT2D eigenvalue weighted by atomic mass is 9.88. The van der Waals surface area contributed by atoms with Crippen molar-refractivity contribution in [3.8, 4) is 11.5 Å². The van der Waals surface area contributed by atoms with Gasteiger partial charge in [-0.2, -0.15) is 0 Å². The number of aliphatic imine (C=N–C) groups is 2. The second-order valence-corrected chi connectivity index (χ2v) is 6.87. The minimum Gasteiger partial charge on any atom is -0.494 e. The number of hydrogen-bond acceptors (Lipinski definition) is 8. The lowest BCUT2D eigenvalue weighted by Gasteiger charge is -2.35. The van der Waals surface area contributed by atoms with Gasteiger partial charge in [-0.3, -0.25) is 16.0 Å². The highest BCUT2D eigenvalue weighted by molar-refractivity contribution is 5.92. The van der Waals surface area contributed by atoms with Crippen molar-refractivity contribution in [2.45, 2.75) is 39.6 Å². The Bertz CT molecular complexity index is 789. The standard InChI is InChI=1S/C20H30N6O2/c1-4-8-28-16-7-6-14(27-5-2)9-15(16)23-10-13-11-24-19-17(12(13)3)18(21)25-20(22)26-19/h6-7,9,11,17,19-20,23,26H,4-5,8,10,22H2,1-3H3,(H2,21,25). The summed E-state index contributed by atoms with van der Waals surface area (Å²) in [7, 11) is 0. The molecule has 0 radical (unpaired) electrons. The van der Waals surface area contributed by atoms with Crippen LogP contribution in [0.2, 0.25) is 0 Å². The number of benzene rings is 1. The van der Waals surface area contributed by atoms with Gasteiger partial charge in [0.25, 0.3) is 0 Å². The van der Waals surface area contributed by atoms with Crippen molar-refractivity contribution in [3.63, 3.8) is 0 Å². The number of anilines is 1. The van der Waals surface area contributed by atoms with E-state index in [-0.39, 0.29) is 12.1 Å². The molecule has 0 saturated heterocycles. The van der Waals surface area contributed by atoms with Crippen molar-refractivity contribution in [3.05, 3.63) is 29.3 Å². The number of nitrogens with one attached hydrogen (secondary N) is 2. The van der Waals surface area contributed by atoms with Gasteiger partial charge in [0, 0.05) is 18.8 Å². The summed E-state index contributed by atoms with van der Waals surface area (Å²) in [6.07, 6.45) is 2.15. The Hall–Kier alpha value is -2.58. The normalized spacial score (nSPS) is 23.9. The summed E-state index contributed by atoms with van der Waals surface area (Å²) in [6, 6.07) is 5.82. The van der Waals surface area contributed by atoms with Crippen molar-refractivity contribution in [2.75, 3.05) is 25.1 Å². The summed E-state index contributed by atoms with van der Waals surface area (Å²) in [5.41, 5.74) is 15.1. The predicted molar refractivity (Wildman–Crippen MR) is 113 cm³/mol. The van der Waals surface area contributed by atoms with E-state index in [1.807, 2.05) is 31.3 Å². The molecule has 0 fully saturated rings. The molecule has 8 heteroatoms. The highest BCUT2D eigenvalue weighted by Crippen LogP contribution is 2.31. The third kappa shape index (κ3) is 4.45. The first-order valence-corrected chi connectivity index (χ1v) is 9.74. The van der Waals surface area contributed by atoms with Crippen LogP contribution >= 0.6 is 0 Å². The molecule has 1 aromatic rings. The molecule has 2 aliphatic rings. The zero-order valence-corrected chi connectivity index (χ0v) is 16.7. The van der Waals surface area contributed by atoms with Gasteiger partial charge in [0.05, 0.1) is 24.8 Å². The zero-order valence-electron chi connectivity index (χ0n) is 16.7. The van der Waals surface area contributed by atoms with Crippen LogP contribution in [0.1, 0.15) is 27.2 Å². The van der Waals surface area contributed by atoms with E-state index in [1.165, 1.54) is 0 Å². The molecule has 3 atom stereocenters. The van der Waals surface area contributed by atoms with Crippen molar-refractivity contribution in [1.29, 1.82) is 0 Å². The molecule has 0 amide bonds. The largest absolute Gasteiger partial charge is 0.494 e. The second kappa shape index (κ2) is 9.07. The maximum atomic E-state index is 6.14. The van der Waals surface area contributed by atoms with Gasteiger partial charge in [-0.05, 0) is 38.0 Å². The highest BCUT2D eigenvalue weighted by atomic mass is 16.5. The van der Waals surface area contributed by atoms with Crippen LogP contribution in [0.15, 0.2) is 39.3 Å². The topological polar surface area (TPSA) is 119 Å². The third-order valence-corrected chi connectivity index (χ3v) is 4.82. The molecule has 3 unspecified atom stereocenters. The molecule has 1 aromatic carbocycles. The highest BCUT2D eigenvalue weighted by Gasteiger charge is 2.34. The summed E-state index contributed by atoms with van der Waals surface area (Å²) in [4.78, 5) is 8.83. The summed E-state index contributed by atoms with van der Waals surface area (Å²) >= 11 is 0. The fourth-order valence-corrected chi connectivity index (χ4v) is 3.39. The Labute approximate surface area is 166 Å². The van der Waals surface area contributed by atoms with Gasteiger partial charge in [0.2, 0.25) is 0 Å². The summed E-state index contributed by atoms with van der Waals surface area (Å²) in [5.74, 6) is 2.06. The molecule has 6 N–H and O–H groups in total. The Morgan fingerprint density at radius 3 is 2.82 bits per heavy atom. The molecule has 152 valence electrons. The van der Waals surface area contributed by atoms with Gasteiger partial charge in [0.15, 0.2) is 6.29 Å². The van der Waals surface area contributed by atoms with E-state index >= 15 is 0 Å². The number of amidine groups is 1. The van der Waals surface area contributed by atoms with Gasteiger partial charge >= 0.3 is 0 Å². The number of fused-ring (bicyclic) bond motifs is 1. The number of rotatable bonds is 8. The van der Waals surface area contributed by atoms with Gasteiger partial charge in [-0.1, -0.05) is 12.5 Å². The molecular formula is C20H30N6O2. The SMILES string of the molecule is CCCOc1ccc(OCC)cc1NCC1=C(C)C2C(N)=NC(N)NC2N=C1. The Morgan fingerprint density at radius 1 is 1.25 bits per heavy atom. The van der Waals surface area contributed by atoms with Gasteiger partial charge in [0.1, 0.15) is 23.5 Å². The summed E-state index contributed by atoms with van der Waals surface area (Å²) in [5, 5.41) is 6.61. The summed E-state index contributed by atoms with van der Waals surface area (Å²) < 4.78 is 11.5. The van der Waals surface area contributed by atoms with Gasteiger partial charge < -0.3 is 20.5 Å². The Balaban J connectivity index is 1.78. The van der Waals surface area contributed by atoms with Crippen molar-refractivity contribution in [1.82, 2.24) is 5.32 Å². The molecule has 28 heavy (non-hydrogen) atoms. The third-order valence-electron chi connectivity index (χ3n) is 4.82. The molecule has 3 rings (SSSR count). The van der Waals surface area contributed by atoms with E-state index in [1.54, 1.807) is 0 Å². The van der Waals surface area contributed by atoms with Crippen molar-refractivity contribution in [2.24, 2.45) is 27.4 Å². The lowest BCUT2D eigenvalue weighted by molar-refractivity contribution is 0.316. The quantitative estimate of drug-likeness (QED) is 0.541. The van der Waals surface area contributed by atoms with Crippen LogP contribution < -0.4 is 31.6 Å². The number of hydrogen-bond donors (Lipinski definition) is 4. The van der Waals surface area contributed by atoms with E-state index in [9.17, 15) is 0 Å². The van der Waals surface area contributed by atoms with Crippen LogP contribution in [0.25, 0.3) is 0 Å². The molecule has 0 bridgehead atoms. The predicted octanol–water partition coefficient (Wildman–Crippen LogP) is 1.83. The fourth-order valence-electron chi connectivity index (χ4n) is 3.39. The first kappa shape index (κ1) is 20.2. The second-order valence-electron chi connectivity index (χ2n) is 6.87. The van der Waals surface area contributed by atoms with E-state index in [0.717, 1.165) is 34.8 Å². The minimum atomic E-state index is -0.509. The molecule has 0 spiro atoms. The van der Waals surface area contributed by atoms with E-state index < -0.39 is 6.29 Å².